The lowest BCUT2D eigenvalue weighted by atomic mass is 9.99. The second-order valence-electron chi connectivity index (χ2n) is 4.83. The molecule has 0 saturated carbocycles. The molecule has 2 aromatic rings. The molecule has 1 aromatic heterocycles. The minimum atomic E-state index is 0.00825. The van der Waals surface area contributed by atoms with Gasteiger partial charge in [-0.3, -0.25) is 16.0 Å². The summed E-state index contributed by atoms with van der Waals surface area (Å²) in [6.07, 6.45) is 2.59. The molecule has 3 N–H and O–H groups in total. The summed E-state index contributed by atoms with van der Waals surface area (Å²) in [4.78, 5) is 0. The Hall–Kier alpha value is -1.36. The molecule has 2 rings (SSSR count). The number of hydrogen-bond acceptors (Lipinski definition) is 3. The summed E-state index contributed by atoms with van der Waals surface area (Å²) in [5.41, 5.74) is 7.29. The maximum Gasteiger partial charge on any atom is 0.0540 e. The van der Waals surface area contributed by atoms with Gasteiger partial charge in [0.1, 0.15) is 0 Å². The third-order valence-corrected chi connectivity index (χ3v) is 3.83. The maximum absolute atomic E-state index is 6.27. The molecule has 0 spiro atoms. The predicted octanol–water partition coefficient (Wildman–Crippen LogP) is 2.44. The van der Waals surface area contributed by atoms with Crippen molar-refractivity contribution in [2.24, 2.45) is 12.9 Å². The average Bonchev–Trinajstić information content (AvgIpc) is 2.70. The second-order valence-corrected chi connectivity index (χ2v) is 5.23. The van der Waals surface area contributed by atoms with Crippen molar-refractivity contribution in [3.8, 4) is 0 Å². The number of nitrogens with one attached hydrogen (secondary N) is 1. The quantitative estimate of drug-likeness (QED) is 0.667. The van der Waals surface area contributed by atoms with Crippen molar-refractivity contribution in [2.45, 2.75) is 26.3 Å². The molecule has 0 aliphatic carbocycles. The fourth-order valence-corrected chi connectivity index (χ4v) is 2.47. The highest BCUT2D eigenvalue weighted by molar-refractivity contribution is 6.31. The van der Waals surface area contributed by atoms with Crippen molar-refractivity contribution >= 4 is 11.6 Å². The average molecular weight is 279 g/mol. The molecule has 0 saturated heterocycles. The summed E-state index contributed by atoms with van der Waals surface area (Å²) in [5, 5.41) is 5.03. The van der Waals surface area contributed by atoms with Gasteiger partial charge in [-0.1, -0.05) is 23.7 Å². The minimum absolute atomic E-state index is 0.00825. The number of aryl methyl sites for hydroxylation is 2. The molecule has 0 amide bonds. The molecule has 0 fully saturated rings. The molecular formula is C14H19ClN4. The topological polar surface area (TPSA) is 55.9 Å². The normalized spacial score (nSPS) is 12.7. The Labute approximate surface area is 118 Å². The van der Waals surface area contributed by atoms with Crippen molar-refractivity contribution in [1.29, 1.82) is 0 Å². The Morgan fingerprint density at radius 3 is 2.68 bits per heavy atom. The van der Waals surface area contributed by atoms with Crippen LogP contribution in [0.3, 0.4) is 0 Å². The van der Waals surface area contributed by atoms with Gasteiger partial charge in [0.25, 0.3) is 0 Å². The van der Waals surface area contributed by atoms with E-state index in [-0.39, 0.29) is 6.04 Å². The third-order valence-electron chi connectivity index (χ3n) is 3.48. The number of hydrogen-bond donors (Lipinski definition) is 2. The van der Waals surface area contributed by atoms with Crippen LogP contribution in [0, 0.1) is 13.8 Å². The summed E-state index contributed by atoms with van der Waals surface area (Å²) < 4.78 is 1.84. The summed E-state index contributed by atoms with van der Waals surface area (Å²) in [6, 6.07) is 6.09. The van der Waals surface area contributed by atoms with Crippen LogP contribution in [0.2, 0.25) is 5.02 Å². The monoisotopic (exact) mass is 278 g/mol. The van der Waals surface area contributed by atoms with Crippen LogP contribution in [-0.4, -0.2) is 9.78 Å². The van der Waals surface area contributed by atoms with Crippen molar-refractivity contribution in [1.82, 2.24) is 15.2 Å². The molecule has 102 valence electrons. The number of rotatable bonds is 4. The first-order chi connectivity index (χ1) is 9.02. The Bertz CT molecular complexity index is 577. The Kier molecular flexibility index (Phi) is 4.24. The van der Waals surface area contributed by atoms with Gasteiger partial charge in [-0.15, -0.1) is 0 Å². The molecule has 0 aliphatic heterocycles. The minimum Gasteiger partial charge on any atom is -0.273 e. The molecular weight excluding hydrogens is 260 g/mol. The molecule has 4 nitrogen and oxygen atoms in total. The van der Waals surface area contributed by atoms with Crippen LogP contribution in [-0.2, 0) is 13.5 Å². The number of benzene rings is 1. The van der Waals surface area contributed by atoms with Crippen molar-refractivity contribution < 1.29 is 0 Å². The summed E-state index contributed by atoms with van der Waals surface area (Å²) >= 11 is 6.27. The van der Waals surface area contributed by atoms with Crippen LogP contribution in [0.15, 0.2) is 24.4 Å². The zero-order chi connectivity index (χ0) is 14.0. The van der Waals surface area contributed by atoms with Crippen molar-refractivity contribution in [2.75, 3.05) is 0 Å². The largest absolute Gasteiger partial charge is 0.273 e. The molecule has 0 bridgehead atoms. The van der Waals surface area contributed by atoms with Gasteiger partial charge >= 0.3 is 0 Å². The van der Waals surface area contributed by atoms with Crippen LogP contribution < -0.4 is 11.3 Å². The van der Waals surface area contributed by atoms with Crippen LogP contribution in [0.5, 0.6) is 0 Å². The highest BCUT2D eigenvalue weighted by Gasteiger charge is 2.17. The van der Waals surface area contributed by atoms with Gasteiger partial charge in [-0.05, 0) is 37.5 Å². The van der Waals surface area contributed by atoms with E-state index in [4.69, 9.17) is 17.4 Å². The Morgan fingerprint density at radius 2 is 2.16 bits per heavy atom. The van der Waals surface area contributed by atoms with Gasteiger partial charge in [0.2, 0.25) is 0 Å². The molecule has 1 atom stereocenters. The summed E-state index contributed by atoms with van der Waals surface area (Å²) in [5.74, 6) is 5.68. The first kappa shape index (κ1) is 14.1. The van der Waals surface area contributed by atoms with Gasteiger partial charge in [-0.2, -0.15) is 5.10 Å². The first-order valence-corrected chi connectivity index (χ1v) is 6.60. The van der Waals surface area contributed by atoms with E-state index >= 15 is 0 Å². The molecule has 0 radical (unpaired) electrons. The summed E-state index contributed by atoms with van der Waals surface area (Å²) in [6.45, 7) is 4.06. The lowest BCUT2D eigenvalue weighted by Gasteiger charge is -2.17. The molecule has 1 heterocycles. The molecule has 19 heavy (non-hydrogen) atoms. The molecule has 5 heteroatoms. The number of nitrogens with two attached hydrogens (primary N) is 1. The van der Waals surface area contributed by atoms with E-state index in [0.29, 0.717) is 0 Å². The number of nitrogens with zero attached hydrogens (tertiary/aromatic N) is 2. The van der Waals surface area contributed by atoms with Crippen LogP contribution in [0.4, 0.5) is 0 Å². The van der Waals surface area contributed by atoms with Crippen molar-refractivity contribution in [3.63, 3.8) is 0 Å². The van der Waals surface area contributed by atoms with Gasteiger partial charge in [-0.25, -0.2) is 0 Å². The smallest absolute Gasteiger partial charge is 0.0540 e. The standard InChI is InChI=1S/C14H19ClN4/c1-9-4-5-11(13(15)6-9)7-14(18-16)12-8-17-19(3)10(12)2/h4-6,8,14,18H,7,16H2,1-3H3. The number of halogens is 1. The van der Waals surface area contributed by atoms with E-state index < -0.39 is 0 Å². The second kappa shape index (κ2) is 5.74. The Morgan fingerprint density at radius 1 is 1.42 bits per heavy atom. The lowest BCUT2D eigenvalue weighted by molar-refractivity contribution is 0.548. The van der Waals surface area contributed by atoms with Crippen LogP contribution in [0.1, 0.15) is 28.4 Å². The highest BCUT2D eigenvalue weighted by Crippen LogP contribution is 2.25. The van der Waals surface area contributed by atoms with Crippen molar-refractivity contribution in [3.05, 3.63) is 51.8 Å². The fourth-order valence-electron chi connectivity index (χ4n) is 2.15. The zero-order valence-corrected chi connectivity index (χ0v) is 12.2. The molecule has 1 aromatic carbocycles. The van der Waals surface area contributed by atoms with E-state index in [1.807, 2.05) is 43.9 Å². The molecule has 0 aliphatic rings. The van der Waals surface area contributed by atoms with Crippen LogP contribution in [0.25, 0.3) is 0 Å². The van der Waals surface area contributed by atoms with E-state index in [2.05, 4.69) is 16.6 Å². The Balaban J connectivity index is 2.26. The summed E-state index contributed by atoms with van der Waals surface area (Å²) in [7, 11) is 1.92. The van der Waals surface area contributed by atoms with Gasteiger partial charge < -0.3 is 0 Å². The predicted molar refractivity (Wildman–Crippen MR) is 77.9 cm³/mol. The number of hydrazine groups is 1. The van der Waals surface area contributed by atoms with E-state index in [1.165, 1.54) is 0 Å². The molecule has 1 unspecified atom stereocenters. The van der Waals surface area contributed by atoms with E-state index in [9.17, 15) is 0 Å². The van der Waals surface area contributed by atoms with Gasteiger partial charge in [0.05, 0.1) is 12.2 Å². The first-order valence-electron chi connectivity index (χ1n) is 6.22. The van der Waals surface area contributed by atoms with Gasteiger partial charge in [0.15, 0.2) is 0 Å². The van der Waals surface area contributed by atoms with Crippen LogP contribution >= 0.6 is 11.6 Å². The maximum atomic E-state index is 6.27. The van der Waals surface area contributed by atoms with E-state index in [1.54, 1.807) is 0 Å². The third kappa shape index (κ3) is 2.97. The lowest BCUT2D eigenvalue weighted by Crippen LogP contribution is -2.30. The highest BCUT2D eigenvalue weighted by atomic mass is 35.5. The SMILES string of the molecule is Cc1ccc(CC(NN)c2cnn(C)c2C)c(Cl)c1. The van der Waals surface area contributed by atoms with E-state index in [0.717, 1.165) is 33.8 Å². The zero-order valence-electron chi connectivity index (χ0n) is 11.4. The van der Waals surface area contributed by atoms with Gasteiger partial charge in [0, 0.05) is 23.3 Å². The number of aromatic nitrogens is 2. The fraction of sp³-hybridized carbons (Fsp3) is 0.357.